The van der Waals surface area contributed by atoms with E-state index in [9.17, 15) is 22.8 Å². The summed E-state index contributed by atoms with van der Waals surface area (Å²) in [6.45, 7) is 1.86. The minimum absolute atomic E-state index is 0.0195. The van der Waals surface area contributed by atoms with Gasteiger partial charge in [0.1, 0.15) is 5.58 Å². The van der Waals surface area contributed by atoms with Crippen LogP contribution in [0, 0.1) is 6.92 Å². The standard InChI is InChI=1S/C24H21NO7S/c1-13-3-8-18-17(11-13)21(26)19-20(14-4-6-15(7-5-14)24(28)31-2)25(23(27)22(19)32-18)16-9-10-33(29,30)12-16/h3-8,11,16,20H,9-10,12H2,1-2H3. The minimum atomic E-state index is -3.29. The van der Waals surface area contributed by atoms with Gasteiger partial charge in [-0.1, -0.05) is 23.8 Å². The molecule has 1 aromatic heterocycles. The number of hydrogen-bond acceptors (Lipinski definition) is 7. The number of ether oxygens (including phenoxy) is 1. The second kappa shape index (κ2) is 7.55. The summed E-state index contributed by atoms with van der Waals surface area (Å²) in [6, 6.07) is 10.2. The van der Waals surface area contributed by atoms with E-state index >= 15 is 0 Å². The van der Waals surface area contributed by atoms with Crippen molar-refractivity contribution < 1.29 is 27.2 Å². The van der Waals surface area contributed by atoms with E-state index in [0.29, 0.717) is 22.1 Å². The number of sulfone groups is 1. The van der Waals surface area contributed by atoms with E-state index in [1.165, 1.54) is 12.0 Å². The Labute approximate surface area is 189 Å². The summed E-state index contributed by atoms with van der Waals surface area (Å²) in [6.07, 6.45) is 0.283. The van der Waals surface area contributed by atoms with Gasteiger partial charge in [0.2, 0.25) is 5.76 Å². The molecule has 2 unspecified atom stereocenters. The third kappa shape index (κ3) is 3.43. The highest BCUT2D eigenvalue weighted by Gasteiger charge is 2.48. The maximum absolute atomic E-state index is 13.6. The number of fused-ring (bicyclic) bond motifs is 2. The topological polar surface area (TPSA) is 111 Å². The Hall–Kier alpha value is -3.46. The molecule has 170 valence electrons. The van der Waals surface area contributed by atoms with Gasteiger partial charge in [-0.05, 0) is 43.2 Å². The maximum atomic E-state index is 13.6. The van der Waals surface area contributed by atoms with Gasteiger partial charge in [0.25, 0.3) is 5.91 Å². The SMILES string of the molecule is COC(=O)c1ccc(C2c3c(oc4ccc(C)cc4c3=O)C(=O)N2C2CCS(=O)(=O)C2)cc1. The monoisotopic (exact) mass is 467 g/mol. The molecule has 3 heterocycles. The van der Waals surface area contributed by atoms with Gasteiger partial charge < -0.3 is 14.1 Å². The molecule has 1 fully saturated rings. The normalized spacial score (nSPS) is 21.4. The second-order valence-electron chi connectivity index (χ2n) is 8.46. The molecular weight excluding hydrogens is 446 g/mol. The van der Waals surface area contributed by atoms with E-state index in [1.807, 2.05) is 6.92 Å². The smallest absolute Gasteiger partial charge is 0.337 e. The van der Waals surface area contributed by atoms with Crippen molar-refractivity contribution in [1.29, 1.82) is 0 Å². The molecule has 8 nitrogen and oxygen atoms in total. The summed E-state index contributed by atoms with van der Waals surface area (Å²) in [5.74, 6) is -1.27. The molecule has 0 bridgehead atoms. The highest BCUT2D eigenvalue weighted by molar-refractivity contribution is 7.91. The Kier molecular flexibility index (Phi) is 4.89. The molecule has 0 spiro atoms. The average molecular weight is 467 g/mol. The van der Waals surface area contributed by atoms with Gasteiger partial charge >= 0.3 is 5.97 Å². The quantitative estimate of drug-likeness (QED) is 0.545. The zero-order valence-electron chi connectivity index (χ0n) is 18.0. The molecule has 2 aliphatic heterocycles. The molecule has 1 amide bonds. The fourth-order valence-electron chi connectivity index (χ4n) is 4.72. The van der Waals surface area contributed by atoms with Crippen molar-refractivity contribution in [2.45, 2.75) is 25.4 Å². The van der Waals surface area contributed by atoms with Crippen LogP contribution in [0.15, 0.2) is 51.7 Å². The molecule has 0 N–H and O–H groups in total. The highest BCUT2D eigenvalue weighted by atomic mass is 32.2. The molecule has 0 radical (unpaired) electrons. The number of hydrogen-bond donors (Lipinski definition) is 0. The average Bonchev–Trinajstić information content (AvgIpc) is 3.30. The van der Waals surface area contributed by atoms with E-state index in [1.54, 1.807) is 42.5 Å². The molecule has 0 aliphatic carbocycles. The first-order valence-corrected chi connectivity index (χ1v) is 12.3. The van der Waals surface area contributed by atoms with Crippen LogP contribution in [0.4, 0.5) is 0 Å². The Morgan fingerprint density at radius 1 is 1.12 bits per heavy atom. The van der Waals surface area contributed by atoms with Gasteiger partial charge in [-0.2, -0.15) is 0 Å². The summed E-state index contributed by atoms with van der Waals surface area (Å²) in [5.41, 5.74) is 1.94. The number of aryl methyl sites for hydroxylation is 1. The molecule has 33 heavy (non-hydrogen) atoms. The Morgan fingerprint density at radius 2 is 1.85 bits per heavy atom. The van der Waals surface area contributed by atoms with E-state index in [2.05, 4.69) is 0 Å². The molecule has 3 aromatic rings. The zero-order valence-corrected chi connectivity index (χ0v) is 18.8. The number of rotatable bonds is 3. The lowest BCUT2D eigenvalue weighted by molar-refractivity contribution is 0.0598. The van der Waals surface area contributed by atoms with Gasteiger partial charge in [-0.3, -0.25) is 9.59 Å². The van der Waals surface area contributed by atoms with Gasteiger partial charge in [0.15, 0.2) is 15.3 Å². The van der Waals surface area contributed by atoms with Crippen molar-refractivity contribution in [3.8, 4) is 0 Å². The lowest BCUT2D eigenvalue weighted by Crippen LogP contribution is -2.40. The number of amides is 1. The number of nitrogens with zero attached hydrogens (tertiary/aromatic N) is 1. The second-order valence-corrected chi connectivity index (χ2v) is 10.7. The molecule has 2 aliphatic rings. The largest absolute Gasteiger partial charge is 0.465 e. The van der Waals surface area contributed by atoms with Gasteiger partial charge in [0, 0.05) is 6.04 Å². The molecule has 2 aromatic carbocycles. The van der Waals surface area contributed by atoms with Crippen LogP contribution >= 0.6 is 0 Å². The predicted molar refractivity (Wildman–Crippen MR) is 120 cm³/mol. The number of esters is 1. The number of benzene rings is 2. The Bertz CT molecular complexity index is 1470. The van der Waals surface area contributed by atoms with Crippen molar-refractivity contribution >= 4 is 32.7 Å². The van der Waals surface area contributed by atoms with Crippen LogP contribution in [0.5, 0.6) is 0 Å². The minimum Gasteiger partial charge on any atom is -0.465 e. The first-order valence-electron chi connectivity index (χ1n) is 10.5. The van der Waals surface area contributed by atoms with Crippen LogP contribution in [0.1, 0.15) is 50.1 Å². The molecule has 9 heteroatoms. The molecule has 0 saturated carbocycles. The van der Waals surface area contributed by atoms with Gasteiger partial charge in [-0.15, -0.1) is 0 Å². The Balaban J connectivity index is 1.72. The van der Waals surface area contributed by atoms with Crippen LogP contribution in [-0.4, -0.2) is 49.9 Å². The molecular formula is C24H21NO7S. The van der Waals surface area contributed by atoms with Crippen LogP contribution in [0.2, 0.25) is 0 Å². The van der Waals surface area contributed by atoms with E-state index < -0.39 is 33.8 Å². The summed E-state index contributed by atoms with van der Waals surface area (Å²) in [7, 11) is -2.01. The lowest BCUT2D eigenvalue weighted by atomic mass is 9.96. The molecule has 1 saturated heterocycles. The third-order valence-corrected chi connectivity index (χ3v) is 8.06. The van der Waals surface area contributed by atoms with Crippen molar-refractivity contribution in [3.05, 3.63) is 80.7 Å². The van der Waals surface area contributed by atoms with Crippen LogP contribution in [0.3, 0.4) is 0 Å². The van der Waals surface area contributed by atoms with E-state index in [0.717, 1.165) is 5.56 Å². The van der Waals surface area contributed by atoms with Crippen LogP contribution in [-0.2, 0) is 14.6 Å². The fourth-order valence-corrected chi connectivity index (χ4v) is 6.43. The van der Waals surface area contributed by atoms with Gasteiger partial charge in [0.05, 0.1) is 41.2 Å². The predicted octanol–water partition coefficient (Wildman–Crippen LogP) is 2.62. The number of carbonyl (C=O) groups excluding carboxylic acids is 2. The lowest BCUT2D eigenvalue weighted by Gasteiger charge is -2.30. The number of methoxy groups -OCH3 is 1. The van der Waals surface area contributed by atoms with Gasteiger partial charge in [-0.25, -0.2) is 13.2 Å². The van der Waals surface area contributed by atoms with E-state index in [-0.39, 0.29) is 34.7 Å². The summed E-state index contributed by atoms with van der Waals surface area (Å²) in [5, 5.41) is 0.360. The summed E-state index contributed by atoms with van der Waals surface area (Å²) >= 11 is 0. The first-order chi connectivity index (χ1) is 15.7. The van der Waals surface area contributed by atoms with Crippen molar-refractivity contribution in [1.82, 2.24) is 4.90 Å². The molecule has 2 atom stereocenters. The van der Waals surface area contributed by atoms with Crippen LogP contribution < -0.4 is 5.43 Å². The Morgan fingerprint density at radius 3 is 2.48 bits per heavy atom. The summed E-state index contributed by atoms with van der Waals surface area (Å²) in [4.78, 5) is 40.4. The first kappa shape index (κ1) is 21.4. The van der Waals surface area contributed by atoms with Crippen molar-refractivity contribution in [3.63, 3.8) is 0 Å². The zero-order chi connectivity index (χ0) is 23.5. The highest BCUT2D eigenvalue weighted by Crippen LogP contribution is 2.41. The van der Waals surface area contributed by atoms with Crippen molar-refractivity contribution in [2.75, 3.05) is 18.6 Å². The number of carbonyl (C=O) groups is 2. The van der Waals surface area contributed by atoms with Crippen LogP contribution in [0.25, 0.3) is 11.0 Å². The molecule has 5 rings (SSSR count). The van der Waals surface area contributed by atoms with Crippen molar-refractivity contribution in [2.24, 2.45) is 0 Å². The maximum Gasteiger partial charge on any atom is 0.337 e. The third-order valence-electron chi connectivity index (χ3n) is 6.31. The fraction of sp³-hybridized carbons (Fsp3) is 0.292. The van der Waals surface area contributed by atoms with E-state index in [4.69, 9.17) is 9.15 Å². The summed E-state index contributed by atoms with van der Waals surface area (Å²) < 4.78 is 35.0.